The third-order valence-electron chi connectivity index (χ3n) is 5.02. The number of benzene rings is 3. The van der Waals surface area contributed by atoms with E-state index in [2.05, 4.69) is 5.32 Å². The van der Waals surface area contributed by atoms with E-state index in [0.717, 1.165) is 13.1 Å². The maximum absolute atomic E-state index is 14.6. The molecule has 0 radical (unpaired) electrons. The third-order valence-corrected chi connectivity index (χ3v) is 5.27. The molecule has 0 saturated carbocycles. The van der Waals surface area contributed by atoms with Crippen LogP contribution in [0.4, 0.5) is 10.1 Å². The lowest BCUT2D eigenvalue weighted by atomic mass is 9.97. The topological polar surface area (TPSA) is 73.0 Å². The molecule has 0 unspecified atom stereocenters. The van der Waals surface area contributed by atoms with Gasteiger partial charge in [-0.15, -0.1) is 0 Å². The Morgan fingerprint density at radius 2 is 1.71 bits per heavy atom. The van der Waals surface area contributed by atoms with Gasteiger partial charge in [-0.25, -0.2) is 4.39 Å². The number of hydrogen-bond acceptors (Lipinski definition) is 3. The van der Waals surface area contributed by atoms with Gasteiger partial charge in [0, 0.05) is 41.3 Å². The lowest BCUT2D eigenvalue weighted by molar-refractivity contribution is 0.0988. The van der Waals surface area contributed by atoms with Gasteiger partial charge in [0.25, 0.3) is 5.91 Å². The van der Waals surface area contributed by atoms with E-state index in [9.17, 15) is 14.0 Å². The van der Waals surface area contributed by atoms with Gasteiger partial charge in [-0.3, -0.25) is 15.0 Å². The molecular formula is C24H19ClFN3O2. The van der Waals surface area contributed by atoms with Gasteiger partial charge in [0.2, 0.25) is 0 Å². The lowest BCUT2D eigenvalue weighted by Gasteiger charge is -2.11. The standard InChI is InChI=1S/C24H19ClFN3O2/c25-17-6-8-18(9-7-17)28-24(31)19-4-2-1-3-15(19)14-22(30)20-10-5-16(13-21(20)26)23(27)29-11-12-29/h1-10,13,27H,11-12,14H2,(H,28,31). The van der Waals surface area contributed by atoms with Gasteiger partial charge >= 0.3 is 0 Å². The molecule has 5 nitrogen and oxygen atoms in total. The van der Waals surface area contributed by atoms with Crippen LogP contribution in [0.1, 0.15) is 31.8 Å². The highest BCUT2D eigenvalue weighted by molar-refractivity contribution is 6.30. The number of anilines is 1. The maximum atomic E-state index is 14.6. The molecule has 1 fully saturated rings. The van der Waals surface area contributed by atoms with E-state index in [1.54, 1.807) is 59.5 Å². The molecule has 0 spiro atoms. The van der Waals surface area contributed by atoms with E-state index in [4.69, 9.17) is 17.0 Å². The molecule has 156 valence electrons. The Morgan fingerprint density at radius 1 is 1.00 bits per heavy atom. The van der Waals surface area contributed by atoms with Crippen molar-refractivity contribution in [1.29, 1.82) is 5.41 Å². The quantitative estimate of drug-likeness (QED) is 0.253. The predicted octanol–water partition coefficient (Wildman–Crippen LogP) is 4.80. The normalized spacial score (nSPS) is 12.4. The Bertz CT molecular complexity index is 1170. The highest BCUT2D eigenvalue weighted by Crippen LogP contribution is 2.20. The van der Waals surface area contributed by atoms with Crippen molar-refractivity contribution in [1.82, 2.24) is 4.90 Å². The monoisotopic (exact) mass is 435 g/mol. The number of carbonyl (C=O) groups excluding carboxylic acids is 2. The first-order chi connectivity index (χ1) is 14.9. The molecule has 4 rings (SSSR count). The highest BCUT2D eigenvalue weighted by atomic mass is 35.5. The highest BCUT2D eigenvalue weighted by Gasteiger charge is 2.23. The van der Waals surface area contributed by atoms with Crippen LogP contribution in [0.2, 0.25) is 5.02 Å². The Labute approximate surface area is 184 Å². The molecule has 0 aromatic heterocycles. The number of halogens is 2. The molecule has 31 heavy (non-hydrogen) atoms. The summed E-state index contributed by atoms with van der Waals surface area (Å²) in [5.74, 6) is -1.22. The number of carbonyl (C=O) groups is 2. The van der Waals surface area contributed by atoms with Gasteiger partial charge in [-0.1, -0.05) is 35.9 Å². The van der Waals surface area contributed by atoms with Crippen LogP contribution in [0, 0.1) is 11.2 Å². The number of hydrogen-bond donors (Lipinski definition) is 2. The van der Waals surface area contributed by atoms with Crippen LogP contribution in [0.25, 0.3) is 0 Å². The Morgan fingerprint density at radius 3 is 2.39 bits per heavy atom. The van der Waals surface area contributed by atoms with Crippen molar-refractivity contribution in [2.75, 3.05) is 18.4 Å². The minimum absolute atomic E-state index is 0.0599. The van der Waals surface area contributed by atoms with Crippen LogP contribution in [0.15, 0.2) is 66.7 Å². The van der Waals surface area contributed by atoms with E-state index in [1.807, 2.05) is 0 Å². The van der Waals surface area contributed by atoms with E-state index in [-0.39, 0.29) is 23.7 Å². The summed E-state index contributed by atoms with van der Waals surface area (Å²) in [7, 11) is 0. The number of Topliss-reactive ketones (excluding diaryl/α,β-unsaturated/α-hetero) is 1. The fraction of sp³-hybridized carbons (Fsp3) is 0.125. The Hall–Kier alpha value is -3.51. The zero-order chi connectivity index (χ0) is 22.0. The average molecular weight is 436 g/mol. The van der Waals surface area contributed by atoms with Crippen molar-refractivity contribution in [3.8, 4) is 0 Å². The minimum Gasteiger partial charge on any atom is -0.353 e. The van der Waals surface area contributed by atoms with Crippen LogP contribution >= 0.6 is 11.6 Å². The smallest absolute Gasteiger partial charge is 0.255 e. The first-order valence-corrected chi connectivity index (χ1v) is 10.1. The summed E-state index contributed by atoms with van der Waals surface area (Å²) in [4.78, 5) is 27.3. The number of amides is 1. The summed E-state index contributed by atoms with van der Waals surface area (Å²) in [6.07, 6.45) is -0.121. The van der Waals surface area contributed by atoms with E-state index in [0.29, 0.717) is 27.4 Å². The fourth-order valence-corrected chi connectivity index (χ4v) is 3.37. The van der Waals surface area contributed by atoms with Gasteiger partial charge in [-0.05, 0) is 48.0 Å². The molecule has 1 aliphatic rings. The molecule has 2 N–H and O–H groups in total. The number of ketones is 1. The molecule has 0 aliphatic carbocycles. The molecule has 1 heterocycles. The van der Waals surface area contributed by atoms with Crippen molar-refractivity contribution in [3.63, 3.8) is 0 Å². The SMILES string of the molecule is N=C(c1ccc(C(=O)Cc2ccccc2C(=O)Nc2ccc(Cl)cc2)c(F)c1)N1CC1. The minimum atomic E-state index is -0.669. The molecule has 1 aliphatic heterocycles. The molecule has 1 amide bonds. The van der Waals surface area contributed by atoms with E-state index in [1.165, 1.54) is 12.1 Å². The van der Waals surface area contributed by atoms with Crippen LogP contribution < -0.4 is 5.32 Å². The first kappa shape index (κ1) is 20.8. The van der Waals surface area contributed by atoms with Crippen LogP contribution in [0.3, 0.4) is 0 Å². The number of amidine groups is 1. The summed E-state index contributed by atoms with van der Waals surface area (Å²) in [6, 6.07) is 17.6. The zero-order valence-electron chi connectivity index (χ0n) is 16.5. The second kappa shape index (κ2) is 8.70. The Balaban J connectivity index is 1.51. The van der Waals surface area contributed by atoms with Crippen molar-refractivity contribution in [2.45, 2.75) is 6.42 Å². The predicted molar refractivity (Wildman–Crippen MR) is 119 cm³/mol. The van der Waals surface area contributed by atoms with Crippen molar-refractivity contribution < 1.29 is 14.0 Å². The van der Waals surface area contributed by atoms with Gasteiger partial charge in [-0.2, -0.15) is 0 Å². The van der Waals surface area contributed by atoms with Crippen molar-refractivity contribution >= 4 is 34.8 Å². The summed E-state index contributed by atoms with van der Waals surface area (Å²) < 4.78 is 14.6. The number of nitrogens with one attached hydrogen (secondary N) is 2. The third kappa shape index (κ3) is 4.81. The van der Waals surface area contributed by atoms with Crippen molar-refractivity contribution in [3.05, 3.63) is 99.8 Å². The van der Waals surface area contributed by atoms with E-state index < -0.39 is 11.6 Å². The summed E-state index contributed by atoms with van der Waals surface area (Å²) in [5, 5.41) is 11.3. The van der Waals surface area contributed by atoms with Crippen LogP contribution in [-0.4, -0.2) is 35.5 Å². The molecular weight excluding hydrogens is 417 g/mol. The number of rotatable bonds is 6. The summed E-state index contributed by atoms with van der Waals surface area (Å²) in [6.45, 7) is 1.58. The summed E-state index contributed by atoms with van der Waals surface area (Å²) in [5.41, 5.74) is 1.79. The molecule has 3 aromatic rings. The fourth-order valence-electron chi connectivity index (χ4n) is 3.24. The second-order valence-corrected chi connectivity index (χ2v) is 7.68. The molecule has 0 bridgehead atoms. The average Bonchev–Trinajstić information content (AvgIpc) is 3.60. The zero-order valence-corrected chi connectivity index (χ0v) is 17.2. The van der Waals surface area contributed by atoms with Crippen LogP contribution in [0.5, 0.6) is 0 Å². The van der Waals surface area contributed by atoms with E-state index >= 15 is 0 Å². The van der Waals surface area contributed by atoms with Gasteiger partial charge in [0.1, 0.15) is 11.7 Å². The maximum Gasteiger partial charge on any atom is 0.255 e. The molecule has 0 atom stereocenters. The van der Waals surface area contributed by atoms with Gasteiger partial charge in [0.05, 0.1) is 5.56 Å². The van der Waals surface area contributed by atoms with Gasteiger partial charge in [0.15, 0.2) is 5.78 Å². The molecule has 1 saturated heterocycles. The molecule has 7 heteroatoms. The molecule has 3 aromatic carbocycles. The first-order valence-electron chi connectivity index (χ1n) is 9.74. The Kier molecular flexibility index (Phi) is 5.82. The van der Waals surface area contributed by atoms with Crippen LogP contribution in [-0.2, 0) is 6.42 Å². The second-order valence-electron chi connectivity index (χ2n) is 7.25. The van der Waals surface area contributed by atoms with Gasteiger partial charge < -0.3 is 10.2 Å². The largest absolute Gasteiger partial charge is 0.353 e. The number of nitrogens with zero attached hydrogens (tertiary/aromatic N) is 1. The lowest BCUT2D eigenvalue weighted by Crippen LogP contribution is -2.17. The van der Waals surface area contributed by atoms with Crippen molar-refractivity contribution in [2.24, 2.45) is 0 Å². The summed E-state index contributed by atoms with van der Waals surface area (Å²) >= 11 is 5.87.